The second-order valence-electron chi connectivity index (χ2n) is 14.3. The van der Waals surface area contributed by atoms with Crippen molar-refractivity contribution in [2.24, 2.45) is 0 Å². The highest BCUT2D eigenvalue weighted by molar-refractivity contribution is 7.55. The molecule has 1 aliphatic heterocycles. The zero-order valence-corrected chi connectivity index (χ0v) is 37.3. The summed E-state index contributed by atoms with van der Waals surface area (Å²) < 4.78 is 65.7. The number of benzene rings is 3. The Labute approximate surface area is 354 Å². The first kappa shape index (κ1) is 46.9. The molecule has 3 aromatic carbocycles. The smallest absolute Gasteiger partial charge is 0.433 e. The molecule has 60 heavy (non-hydrogen) atoms. The van der Waals surface area contributed by atoms with Crippen LogP contribution in [0.4, 0.5) is 5.82 Å². The second kappa shape index (κ2) is 22.1. The molecular formula is C43H57N5O10P2. The topological polar surface area (TPSA) is 165 Å². The summed E-state index contributed by atoms with van der Waals surface area (Å²) in [4.78, 5) is 17.9. The van der Waals surface area contributed by atoms with Gasteiger partial charge in [0.05, 0.1) is 59.2 Å². The molecular weight excluding hydrogens is 808 g/mol. The highest BCUT2D eigenvalue weighted by Gasteiger charge is 2.45. The second-order valence-corrected chi connectivity index (χ2v) is 17.5. The molecule has 324 valence electrons. The molecule has 4 atom stereocenters. The van der Waals surface area contributed by atoms with Gasteiger partial charge in [0, 0.05) is 24.7 Å². The number of nitrogens with one attached hydrogen (secondary N) is 1. The SMILES string of the molecule is CCOP(=O)(Nc1ccn([C@H]2C[C@H](OP(OCCC#N)N(C(C)C)C(C)C)[C@@H](COC(c3ccccc3)(c3ccc(OC)cc3)c3ccc(OC)cc3)O2)c(=O)n1)OCC. The standard InChI is InChI=1S/C43H57N5O10P2/c1-9-55-60(50,56-10-2)46-40-25-27-47(42(49)45-40)41-29-38(58-59(54-28-14-26-44)48(31(3)4)32(5)6)39(57-41)30-53-43(33-15-12-11-13-16-33,34-17-21-36(51-7)22-18-34)35-19-23-37(52-8)24-20-35/h11-13,15-25,27,31-32,38-39,41H,9-10,14,28-30H2,1-8H3,(H,45,46,49,50)/t38-,39+,41+,59?/m0/s1. The molecule has 0 spiro atoms. The van der Waals surface area contributed by atoms with Crippen molar-refractivity contribution in [3.63, 3.8) is 0 Å². The number of nitriles is 1. The number of rotatable bonds is 23. The summed E-state index contributed by atoms with van der Waals surface area (Å²) in [6.45, 7) is 12.1. The number of anilines is 1. The summed E-state index contributed by atoms with van der Waals surface area (Å²) in [7, 11) is -2.23. The van der Waals surface area contributed by atoms with Crippen LogP contribution in [0.1, 0.15) is 77.3 Å². The van der Waals surface area contributed by atoms with Crippen LogP contribution in [0.5, 0.6) is 11.5 Å². The zero-order valence-electron chi connectivity index (χ0n) is 35.6. The van der Waals surface area contributed by atoms with E-state index < -0.39 is 46.0 Å². The van der Waals surface area contributed by atoms with Crippen molar-refractivity contribution in [1.82, 2.24) is 14.2 Å². The van der Waals surface area contributed by atoms with E-state index in [1.54, 1.807) is 28.1 Å². The van der Waals surface area contributed by atoms with Gasteiger partial charge in [-0.3, -0.25) is 18.7 Å². The predicted octanol–water partition coefficient (Wildman–Crippen LogP) is 8.81. The molecule has 1 fully saturated rings. The highest BCUT2D eigenvalue weighted by Crippen LogP contribution is 2.51. The van der Waals surface area contributed by atoms with Gasteiger partial charge in [-0.15, -0.1) is 0 Å². The average molecular weight is 866 g/mol. The summed E-state index contributed by atoms with van der Waals surface area (Å²) in [6.07, 6.45) is -0.280. The number of hydrogen-bond donors (Lipinski definition) is 1. The Morgan fingerprint density at radius 3 is 1.98 bits per heavy atom. The number of nitrogens with zero attached hydrogens (tertiary/aromatic N) is 4. The van der Waals surface area contributed by atoms with Crippen LogP contribution in [0.2, 0.25) is 0 Å². The van der Waals surface area contributed by atoms with Crippen LogP contribution in [0.25, 0.3) is 0 Å². The van der Waals surface area contributed by atoms with E-state index in [0.717, 1.165) is 16.7 Å². The highest BCUT2D eigenvalue weighted by atomic mass is 31.2. The molecule has 0 bridgehead atoms. The van der Waals surface area contributed by atoms with Gasteiger partial charge in [0.25, 0.3) is 8.53 Å². The van der Waals surface area contributed by atoms with Crippen molar-refractivity contribution in [3.8, 4) is 17.6 Å². The summed E-state index contributed by atoms with van der Waals surface area (Å²) in [6, 6.07) is 29.1. The third-order valence-electron chi connectivity index (χ3n) is 9.70. The number of aromatic nitrogens is 2. The molecule has 1 N–H and O–H groups in total. The average Bonchev–Trinajstić information content (AvgIpc) is 3.63. The lowest BCUT2D eigenvalue weighted by Gasteiger charge is -2.39. The fourth-order valence-corrected chi connectivity index (χ4v) is 10.1. The molecule has 0 aliphatic carbocycles. The van der Waals surface area contributed by atoms with Gasteiger partial charge in [-0.1, -0.05) is 54.6 Å². The lowest BCUT2D eigenvalue weighted by molar-refractivity contribution is -0.0925. The minimum atomic E-state index is -3.76. The summed E-state index contributed by atoms with van der Waals surface area (Å²) in [5.41, 5.74) is 0.709. The van der Waals surface area contributed by atoms with Gasteiger partial charge in [0.2, 0.25) is 0 Å². The Morgan fingerprint density at radius 2 is 1.48 bits per heavy atom. The monoisotopic (exact) mass is 865 g/mol. The third-order valence-corrected chi connectivity index (χ3v) is 13.6. The number of hydrogen-bond acceptors (Lipinski definition) is 13. The molecule has 0 saturated carbocycles. The number of methoxy groups -OCH3 is 2. The normalized spacial score (nSPS) is 17.5. The molecule has 0 amide bonds. The lowest BCUT2D eigenvalue weighted by Crippen LogP contribution is -2.39. The molecule has 15 nitrogen and oxygen atoms in total. The van der Waals surface area contributed by atoms with E-state index in [1.807, 2.05) is 78.9 Å². The van der Waals surface area contributed by atoms with Crippen molar-refractivity contribution >= 4 is 22.1 Å². The minimum absolute atomic E-state index is 0.00651. The van der Waals surface area contributed by atoms with Gasteiger partial charge in [0.15, 0.2) is 0 Å². The maximum atomic E-state index is 13.7. The van der Waals surface area contributed by atoms with E-state index in [9.17, 15) is 14.6 Å². The Balaban J connectivity index is 1.58. The predicted molar refractivity (Wildman–Crippen MR) is 230 cm³/mol. The van der Waals surface area contributed by atoms with Gasteiger partial charge < -0.3 is 28.0 Å². The van der Waals surface area contributed by atoms with E-state index in [4.69, 9.17) is 37.0 Å². The Morgan fingerprint density at radius 1 is 0.917 bits per heavy atom. The molecule has 1 unspecified atom stereocenters. The van der Waals surface area contributed by atoms with Crippen LogP contribution < -0.4 is 20.3 Å². The molecule has 5 rings (SSSR count). The molecule has 1 aromatic heterocycles. The van der Waals surface area contributed by atoms with Gasteiger partial charge >= 0.3 is 13.4 Å². The summed E-state index contributed by atoms with van der Waals surface area (Å²) in [5, 5.41) is 12.0. The molecule has 0 radical (unpaired) electrons. The van der Waals surface area contributed by atoms with Crippen molar-refractivity contribution < 1.29 is 41.6 Å². The summed E-state index contributed by atoms with van der Waals surface area (Å²) >= 11 is 0. The van der Waals surface area contributed by atoms with Crippen molar-refractivity contribution in [1.29, 1.82) is 5.26 Å². The maximum absolute atomic E-state index is 13.7. The van der Waals surface area contributed by atoms with E-state index >= 15 is 0 Å². The van der Waals surface area contributed by atoms with Crippen molar-refractivity contribution in [2.75, 3.05) is 45.7 Å². The first-order valence-electron chi connectivity index (χ1n) is 20.1. The molecule has 17 heteroatoms. The van der Waals surface area contributed by atoms with E-state index in [2.05, 4.69) is 48.5 Å². The van der Waals surface area contributed by atoms with Gasteiger partial charge in [-0.25, -0.2) is 14.0 Å². The summed E-state index contributed by atoms with van der Waals surface area (Å²) in [5.74, 6) is 1.40. The fourth-order valence-electron chi connectivity index (χ4n) is 7.10. The van der Waals surface area contributed by atoms with Gasteiger partial charge in [-0.05, 0) is 88.6 Å². The third kappa shape index (κ3) is 11.4. The zero-order chi connectivity index (χ0) is 43.3. The minimum Gasteiger partial charge on any atom is -0.497 e. The van der Waals surface area contributed by atoms with Crippen molar-refractivity contribution in [3.05, 3.63) is 118 Å². The van der Waals surface area contributed by atoms with Crippen LogP contribution in [0.15, 0.2) is 95.9 Å². The Hall–Kier alpha value is -4.19. The van der Waals surface area contributed by atoms with Crippen LogP contribution in [-0.2, 0) is 37.7 Å². The van der Waals surface area contributed by atoms with E-state index in [0.29, 0.717) is 11.5 Å². The molecule has 1 saturated heterocycles. The van der Waals surface area contributed by atoms with Crippen LogP contribution in [0, 0.1) is 11.3 Å². The Bertz CT molecular complexity index is 2020. The first-order valence-corrected chi connectivity index (χ1v) is 22.7. The molecule has 1 aliphatic rings. The quantitative estimate of drug-likeness (QED) is 0.0427. The van der Waals surface area contributed by atoms with Crippen LogP contribution in [0.3, 0.4) is 0 Å². The lowest BCUT2D eigenvalue weighted by atomic mass is 9.80. The largest absolute Gasteiger partial charge is 0.497 e. The van der Waals surface area contributed by atoms with E-state index in [-0.39, 0.29) is 57.2 Å². The van der Waals surface area contributed by atoms with Crippen LogP contribution in [-0.4, -0.2) is 79.2 Å². The Kier molecular flexibility index (Phi) is 17.2. The van der Waals surface area contributed by atoms with Gasteiger partial charge in [-0.2, -0.15) is 10.2 Å². The fraction of sp³-hybridized carbons (Fsp3) is 0.465. The van der Waals surface area contributed by atoms with Gasteiger partial charge in [0.1, 0.15) is 35.2 Å². The maximum Gasteiger partial charge on any atom is 0.433 e. The van der Waals surface area contributed by atoms with Crippen LogP contribution >= 0.6 is 16.3 Å². The van der Waals surface area contributed by atoms with Crippen molar-refractivity contribution in [2.45, 2.75) is 90.5 Å². The molecule has 2 heterocycles. The van der Waals surface area contributed by atoms with E-state index in [1.165, 1.54) is 16.8 Å². The number of ether oxygens (including phenoxy) is 4. The molecule has 4 aromatic rings. The first-order chi connectivity index (χ1) is 28.9.